The van der Waals surface area contributed by atoms with E-state index in [0.717, 1.165) is 10.9 Å². The molecule has 0 aromatic carbocycles. The number of aliphatic imine (C=N–C) groups is 1. The van der Waals surface area contributed by atoms with Crippen molar-refractivity contribution in [1.82, 2.24) is 15.0 Å². The van der Waals surface area contributed by atoms with Crippen LogP contribution in [-0.4, -0.2) is 87.3 Å². The average molecular weight is 472 g/mol. The number of aliphatic hydroxyl groups is 2. The molecule has 0 amide bonds. The molecule has 0 spiro atoms. The third-order valence-electron chi connectivity index (χ3n) is 3.90. The first-order valence-corrected chi connectivity index (χ1v) is 11.4. The minimum absolute atomic E-state index is 0.0623. The number of aliphatic hydroxyl groups excluding tert-OH is 2. The van der Waals surface area contributed by atoms with Crippen molar-refractivity contribution in [2.24, 2.45) is 4.99 Å². The van der Waals surface area contributed by atoms with E-state index >= 15 is 0 Å². The maximum atomic E-state index is 12.0. The maximum Gasteiger partial charge on any atom is 0.478 e. The molecule has 4 bridgehead atoms. The molecule has 3 rings (SSSR count). The van der Waals surface area contributed by atoms with Crippen molar-refractivity contribution in [3.63, 3.8) is 0 Å². The summed E-state index contributed by atoms with van der Waals surface area (Å²) in [4.78, 5) is 24.9. The fourth-order valence-corrected chi connectivity index (χ4v) is 4.55. The molecule has 2 unspecified atom stereocenters. The molecule has 0 saturated carbocycles. The van der Waals surface area contributed by atoms with Gasteiger partial charge in [-0.25, -0.2) is 13.6 Å². The van der Waals surface area contributed by atoms with E-state index in [-0.39, 0.29) is 25.5 Å². The Balaban J connectivity index is 1.80. The molecular weight excluding hydrogens is 454 g/mol. The summed E-state index contributed by atoms with van der Waals surface area (Å²) < 4.78 is 47.7. The van der Waals surface area contributed by atoms with Crippen molar-refractivity contribution in [2.75, 3.05) is 33.0 Å². The molecule has 16 nitrogen and oxygen atoms in total. The maximum absolute atomic E-state index is 12.0. The third-order valence-corrected chi connectivity index (χ3v) is 6.50. The number of phosphoric acid groups is 2. The highest BCUT2D eigenvalue weighted by atomic mass is 31.3. The lowest BCUT2D eigenvalue weighted by atomic mass is 10.1. The minimum atomic E-state index is -5.23. The van der Waals surface area contributed by atoms with Gasteiger partial charge in [-0.15, -0.1) is 5.10 Å². The predicted molar refractivity (Wildman–Crippen MR) is 88.6 cm³/mol. The van der Waals surface area contributed by atoms with Gasteiger partial charge in [-0.1, -0.05) is 5.21 Å². The van der Waals surface area contributed by atoms with E-state index in [0.29, 0.717) is 0 Å². The van der Waals surface area contributed by atoms with E-state index in [9.17, 15) is 34.2 Å². The highest BCUT2D eigenvalue weighted by Gasteiger charge is 2.45. The van der Waals surface area contributed by atoms with Crippen molar-refractivity contribution in [3.05, 3.63) is 11.9 Å². The number of ether oxygens (including phenoxy) is 2. The summed E-state index contributed by atoms with van der Waals surface area (Å²) in [6.45, 7) is -1.76. The topological polar surface area (TPSA) is 230 Å². The van der Waals surface area contributed by atoms with Crippen molar-refractivity contribution >= 4 is 21.5 Å². The molecule has 1 fully saturated rings. The lowest BCUT2D eigenvalue weighted by Crippen LogP contribution is -2.33. The second-order valence-corrected chi connectivity index (χ2v) is 9.06. The Morgan fingerprint density at radius 1 is 1.17 bits per heavy atom. The zero-order valence-electron chi connectivity index (χ0n) is 15.1. The van der Waals surface area contributed by atoms with Crippen LogP contribution < -0.4 is 10.00 Å². The quantitative estimate of drug-likeness (QED) is 0.313. The normalized spacial score (nSPS) is 39.5. The smallest absolute Gasteiger partial charge is 0.478 e. The van der Waals surface area contributed by atoms with E-state index in [1.165, 1.54) is 0 Å². The Hall–Kier alpha value is -1.29. The predicted octanol–water partition coefficient (Wildman–Crippen LogP) is -3.35. The second-order valence-electron chi connectivity index (χ2n) is 6.06. The van der Waals surface area contributed by atoms with Crippen LogP contribution in [0.3, 0.4) is 0 Å². The fraction of sp³-hybridized carbons (Fsp3) is 0.750. The number of rotatable bonds is 0. The molecule has 170 valence electrons. The van der Waals surface area contributed by atoms with Gasteiger partial charge in [0, 0.05) is 5.90 Å². The number of aromatic nitrogens is 3. The molecule has 3 heterocycles. The highest BCUT2D eigenvalue weighted by Crippen LogP contribution is 2.58. The lowest BCUT2D eigenvalue weighted by molar-refractivity contribution is -0.219. The van der Waals surface area contributed by atoms with Crippen molar-refractivity contribution in [1.29, 1.82) is 0 Å². The first-order chi connectivity index (χ1) is 14.1. The van der Waals surface area contributed by atoms with Gasteiger partial charge in [0.15, 0.2) is 6.23 Å². The van der Waals surface area contributed by atoms with Crippen LogP contribution in [0.15, 0.2) is 11.2 Å². The van der Waals surface area contributed by atoms with Gasteiger partial charge in [0.25, 0.3) is 7.82 Å². The zero-order valence-corrected chi connectivity index (χ0v) is 16.9. The molecule has 2 aliphatic heterocycles. The van der Waals surface area contributed by atoms with E-state index in [1.807, 2.05) is 0 Å². The Morgan fingerprint density at radius 3 is 2.70 bits per heavy atom. The van der Waals surface area contributed by atoms with Crippen LogP contribution in [0.4, 0.5) is 0 Å². The van der Waals surface area contributed by atoms with Crippen LogP contribution in [0, 0.1) is 0 Å². The Kier molecular flexibility index (Phi) is 7.37. The monoisotopic (exact) mass is 472 g/mol. The molecule has 3 N–H and O–H groups in total. The van der Waals surface area contributed by atoms with Gasteiger partial charge in [0.05, 0.1) is 39.2 Å². The standard InChI is InChI=1S/C12H20N4O12P2/c17-9-8-6-26-30(22,23)28-29(20,21)25-4-3-24-2-1-13-11(19)7-5-16(15-14-7)12(27-8)10(9)18/h5,8-10,12,17-18H,1-4,6H2,(H,13,19)(H,20,21)(H,22,23)/p-2/t8-,9-,10-,12-/m1/s1. The van der Waals surface area contributed by atoms with E-state index in [2.05, 4.69) is 28.7 Å². The molecule has 1 aromatic heterocycles. The summed E-state index contributed by atoms with van der Waals surface area (Å²) in [6.07, 6.45) is -4.74. The number of hydrogen-bond donors (Lipinski definition) is 3. The molecular formula is C12H18N4O12P2-2. The average Bonchev–Trinajstić information content (AvgIpc) is 3.24. The molecule has 6 atom stereocenters. The minimum Gasteiger partial charge on any atom is -0.857 e. The van der Waals surface area contributed by atoms with Crippen LogP contribution in [0.25, 0.3) is 0 Å². The van der Waals surface area contributed by atoms with Crippen LogP contribution in [0.1, 0.15) is 11.9 Å². The van der Waals surface area contributed by atoms with Gasteiger partial charge in [-0.05, 0) is 0 Å². The van der Waals surface area contributed by atoms with E-state index in [1.54, 1.807) is 0 Å². The van der Waals surface area contributed by atoms with Crippen molar-refractivity contribution < 1.29 is 57.1 Å². The van der Waals surface area contributed by atoms with Crippen LogP contribution in [-0.2, 0) is 32.0 Å². The number of fused-ring (bicyclic) bond motifs is 5. The van der Waals surface area contributed by atoms with Gasteiger partial charge in [0.1, 0.15) is 24.0 Å². The van der Waals surface area contributed by atoms with Crippen molar-refractivity contribution in [3.8, 4) is 0 Å². The first-order valence-electron chi connectivity index (χ1n) is 8.45. The van der Waals surface area contributed by atoms with Gasteiger partial charge in [-0.3, -0.25) is 14.1 Å². The summed E-state index contributed by atoms with van der Waals surface area (Å²) in [5.41, 5.74) is -0.165. The van der Waals surface area contributed by atoms with Crippen molar-refractivity contribution in [2.45, 2.75) is 24.5 Å². The molecule has 0 aliphatic carbocycles. The number of nitrogens with zero attached hydrogens (tertiary/aromatic N) is 4. The summed E-state index contributed by atoms with van der Waals surface area (Å²) in [5.74, 6) is -0.731. The van der Waals surface area contributed by atoms with Gasteiger partial charge in [-0.2, -0.15) is 0 Å². The van der Waals surface area contributed by atoms with Crippen LogP contribution in [0.5, 0.6) is 0 Å². The van der Waals surface area contributed by atoms with Crippen LogP contribution >= 0.6 is 15.6 Å². The molecule has 1 aromatic rings. The van der Waals surface area contributed by atoms with Gasteiger partial charge in [0.2, 0.25) is 0 Å². The third kappa shape index (κ3) is 5.90. The Bertz CT molecular complexity index is 864. The van der Waals surface area contributed by atoms with Gasteiger partial charge >= 0.3 is 7.82 Å². The summed E-state index contributed by atoms with van der Waals surface area (Å²) in [7, 11) is -10.4. The largest absolute Gasteiger partial charge is 0.857 e. The Morgan fingerprint density at radius 2 is 1.93 bits per heavy atom. The second kappa shape index (κ2) is 9.46. The summed E-state index contributed by atoms with van der Waals surface area (Å²) in [5, 5.41) is 39.5. The summed E-state index contributed by atoms with van der Waals surface area (Å²) in [6, 6.07) is 0. The molecule has 0 radical (unpaired) electrons. The lowest BCUT2D eigenvalue weighted by Gasteiger charge is -2.25. The number of hydrogen-bond acceptors (Lipinski definition) is 14. The first kappa shape index (κ1) is 23.4. The number of phosphoric ester groups is 2. The highest BCUT2D eigenvalue weighted by molar-refractivity contribution is 7.60. The molecule has 2 aliphatic rings. The zero-order chi connectivity index (χ0) is 21.9. The van der Waals surface area contributed by atoms with E-state index < -0.39 is 59.3 Å². The van der Waals surface area contributed by atoms with E-state index in [4.69, 9.17) is 9.47 Å². The molecule has 30 heavy (non-hydrogen) atoms. The van der Waals surface area contributed by atoms with Crippen LogP contribution in [0.2, 0.25) is 0 Å². The van der Waals surface area contributed by atoms with Gasteiger partial charge < -0.3 is 39.1 Å². The Labute approximate surface area is 168 Å². The SMILES string of the molecule is O=P1([O-])OCCOCCN=C([O-])c2cn(nn2)[C@@H]2O[C@H](COP(=O)(O)O1)[C@@H](O)[C@H]2O. The molecule has 18 heteroatoms. The summed E-state index contributed by atoms with van der Waals surface area (Å²) >= 11 is 0. The molecule has 1 saturated heterocycles. The fourth-order valence-electron chi connectivity index (χ4n) is 2.53.